The average molecular weight is 347 g/mol. The second-order valence-electron chi connectivity index (χ2n) is 6.81. The van der Waals surface area contributed by atoms with Gasteiger partial charge in [-0.2, -0.15) is 0 Å². The number of esters is 1. The van der Waals surface area contributed by atoms with Gasteiger partial charge in [0.15, 0.2) is 0 Å². The molecule has 1 amide bonds. The van der Waals surface area contributed by atoms with E-state index in [4.69, 9.17) is 14.2 Å². The van der Waals surface area contributed by atoms with Crippen LogP contribution in [0.4, 0.5) is 4.79 Å². The highest BCUT2D eigenvalue weighted by Gasteiger charge is 2.30. The molecule has 1 unspecified atom stereocenters. The maximum atomic E-state index is 12.5. The van der Waals surface area contributed by atoms with Gasteiger partial charge >= 0.3 is 12.1 Å². The Morgan fingerprint density at radius 3 is 2.48 bits per heavy atom. The van der Waals surface area contributed by atoms with E-state index in [9.17, 15) is 9.59 Å². The first-order chi connectivity index (χ1) is 11.8. The molecule has 25 heavy (non-hydrogen) atoms. The number of methoxy groups -OCH3 is 2. The molecule has 1 aliphatic heterocycles. The van der Waals surface area contributed by atoms with E-state index in [1.54, 1.807) is 17.0 Å². The number of hydrogen-bond acceptors (Lipinski definition) is 5. The Hall–Kier alpha value is -2.50. The Morgan fingerprint density at radius 1 is 1.16 bits per heavy atom. The second-order valence-corrected chi connectivity index (χ2v) is 6.81. The molecule has 6 heteroatoms. The maximum absolute atomic E-state index is 12.5. The zero-order valence-corrected chi connectivity index (χ0v) is 15.4. The lowest BCUT2D eigenvalue weighted by atomic mass is 9.97. The summed E-state index contributed by atoms with van der Waals surface area (Å²) >= 11 is 0. The SMILES string of the molecule is COC(=O)c1ccc(C2CC=CCN2C(=O)OC(C)(C)C)cc1OC. The number of ether oxygens (including phenoxy) is 3. The van der Waals surface area contributed by atoms with Crippen molar-refractivity contribution in [3.05, 3.63) is 41.5 Å². The number of benzene rings is 1. The summed E-state index contributed by atoms with van der Waals surface area (Å²) in [6.07, 6.45) is 4.28. The highest BCUT2D eigenvalue weighted by molar-refractivity contribution is 5.92. The summed E-state index contributed by atoms with van der Waals surface area (Å²) in [5.41, 5.74) is 0.665. The van der Waals surface area contributed by atoms with Gasteiger partial charge in [0, 0.05) is 6.54 Å². The quantitative estimate of drug-likeness (QED) is 0.616. The molecule has 0 N–H and O–H groups in total. The highest BCUT2D eigenvalue weighted by Crippen LogP contribution is 2.33. The minimum atomic E-state index is -0.560. The first-order valence-electron chi connectivity index (χ1n) is 8.17. The third kappa shape index (κ3) is 4.53. The van der Waals surface area contributed by atoms with Crippen molar-refractivity contribution >= 4 is 12.1 Å². The molecule has 1 atom stereocenters. The summed E-state index contributed by atoms with van der Waals surface area (Å²) in [4.78, 5) is 26.0. The molecule has 6 nitrogen and oxygen atoms in total. The maximum Gasteiger partial charge on any atom is 0.411 e. The number of rotatable bonds is 3. The topological polar surface area (TPSA) is 65.1 Å². The van der Waals surface area contributed by atoms with E-state index < -0.39 is 11.6 Å². The van der Waals surface area contributed by atoms with Gasteiger partial charge in [0.1, 0.15) is 16.9 Å². The number of carbonyl (C=O) groups is 2. The van der Waals surface area contributed by atoms with Crippen molar-refractivity contribution in [2.75, 3.05) is 20.8 Å². The van der Waals surface area contributed by atoms with Crippen LogP contribution in [0.25, 0.3) is 0 Å². The molecule has 0 spiro atoms. The second kappa shape index (κ2) is 7.59. The smallest absolute Gasteiger partial charge is 0.411 e. The van der Waals surface area contributed by atoms with Gasteiger partial charge in [-0.05, 0) is 44.9 Å². The summed E-state index contributed by atoms with van der Waals surface area (Å²) < 4.78 is 15.6. The van der Waals surface area contributed by atoms with Gasteiger partial charge in [-0.3, -0.25) is 4.90 Å². The fraction of sp³-hybridized carbons (Fsp3) is 0.474. The number of amides is 1. The van der Waals surface area contributed by atoms with Crippen LogP contribution in [0, 0.1) is 0 Å². The number of nitrogens with zero attached hydrogens (tertiary/aromatic N) is 1. The summed E-state index contributed by atoms with van der Waals surface area (Å²) in [5, 5.41) is 0. The predicted octanol–water partition coefficient (Wildman–Crippen LogP) is 3.72. The molecule has 1 aromatic carbocycles. The molecule has 136 valence electrons. The van der Waals surface area contributed by atoms with Gasteiger partial charge in [0.25, 0.3) is 0 Å². The minimum Gasteiger partial charge on any atom is -0.496 e. The van der Waals surface area contributed by atoms with E-state index in [1.807, 2.05) is 39.0 Å². The van der Waals surface area contributed by atoms with E-state index in [0.29, 0.717) is 24.3 Å². The summed E-state index contributed by atoms with van der Waals surface area (Å²) in [6, 6.07) is 5.06. The van der Waals surface area contributed by atoms with E-state index in [0.717, 1.165) is 5.56 Å². The van der Waals surface area contributed by atoms with Crippen molar-refractivity contribution < 1.29 is 23.8 Å². The molecule has 2 rings (SSSR count). The van der Waals surface area contributed by atoms with E-state index >= 15 is 0 Å². The zero-order valence-electron chi connectivity index (χ0n) is 15.4. The lowest BCUT2D eigenvalue weighted by Crippen LogP contribution is -2.40. The molecule has 0 saturated carbocycles. The van der Waals surface area contributed by atoms with Crippen LogP contribution in [0.3, 0.4) is 0 Å². The minimum absolute atomic E-state index is 0.180. The summed E-state index contributed by atoms with van der Waals surface area (Å²) in [7, 11) is 2.82. The van der Waals surface area contributed by atoms with Crippen LogP contribution < -0.4 is 4.74 Å². The van der Waals surface area contributed by atoms with Gasteiger partial charge in [-0.25, -0.2) is 9.59 Å². The lowest BCUT2D eigenvalue weighted by molar-refractivity contribution is 0.0175. The van der Waals surface area contributed by atoms with Gasteiger partial charge < -0.3 is 14.2 Å². The zero-order chi connectivity index (χ0) is 18.6. The van der Waals surface area contributed by atoms with E-state index in [-0.39, 0.29) is 12.1 Å². The van der Waals surface area contributed by atoms with Crippen LogP contribution in [0.2, 0.25) is 0 Å². The average Bonchev–Trinajstić information content (AvgIpc) is 2.59. The molecule has 0 saturated heterocycles. The van der Waals surface area contributed by atoms with E-state index in [1.165, 1.54) is 14.2 Å². The molecule has 0 fully saturated rings. The molecular formula is C19H25NO5. The van der Waals surface area contributed by atoms with Crippen molar-refractivity contribution in [2.24, 2.45) is 0 Å². The van der Waals surface area contributed by atoms with Gasteiger partial charge in [-0.1, -0.05) is 18.2 Å². The Labute approximate surface area is 148 Å². The molecule has 0 aromatic heterocycles. The Morgan fingerprint density at radius 2 is 1.88 bits per heavy atom. The molecule has 0 radical (unpaired) electrons. The normalized spacial score (nSPS) is 17.2. The Kier molecular flexibility index (Phi) is 5.72. The molecular weight excluding hydrogens is 322 g/mol. The van der Waals surface area contributed by atoms with Crippen molar-refractivity contribution in [3.8, 4) is 5.75 Å². The van der Waals surface area contributed by atoms with Crippen LogP contribution in [0.15, 0.2) is 30.4 Å². The van der Waals surface area contributed by atoms with Crippen LogP contribution in [-0.2, 0) is 9.47 Å². The fourth-order valence-corrected chi connectivity index (χ4v) is 2.70. The summed E-state index contributed by atoms with van der Waals surface area (Å²) in [6.45, 7) is 6.00. The first-order valence-corrected chi connectivity index (χ1v) is 8.17. The third-order valence-electron chi connectivity index (χ3n) is 3.85. The van der Waals surface area contributed by atoms with Crippen LogP contribution in [0.5, 0.6) is 5.75 Å². The fourth-order valence-electron chi connectivity index (χ4n) is 2.70. The third-order valence-corrected chi connectivity index (χ3v) is 3.85. The van der Waals surface area contributed by atoms with Crippen LogP contribution in [-0.4, -0.2) is 43.3 Å². The predicted molar refractivity (Wildman–Crippen MR) is 93.8 cm³/mol. The van der Waals surface area contributed by atoms with Gasteiger partial charge in [-0.15, -0.1) is 0 Å². The van der Waals surface area contributed by atoms with Crippen LogP contribution >= 0.6 is 0 Å². The first kappa shape index (κ1) is 18.8. The molecule has 1 heterocycles. The lowest BCUT2D eigenvalue weighted by Gasteiger charge is -2.35. The van der Waals surface area contributed by atoms with Crippen molar-refractivity contribution in [3.63, 3.8) is 0 Å². The standard InChI is InChI=1S/C19H25NO5/c1-19(2,3)25-18(22)20-11-7-6-8-15(20)13-9-10-14(17(21)24-5)16(12-13)23-4/h6-7,9-10,12,15H,8,11H2,1-5H3. The monoisotopic (exact) mass is 347 g/mol. The highest BCUT2D eigenvalue weighted by atomic mass is 16.6. The number of carbonyl (C=O) groups excluding carboxylic acids is 2. The van der Waals surface area contributed by atoms with E-state index in [2.05, 4.69) is 0 Å². The molecule has 0 bridgehead atoms. The van der Waals surface area contributed by atoms with Crippen molar-refractivity contribution in [2.45, 2.75) is 38.8 Å². The van der Waals surface area contributed by atoms with Crippen molar-refractivity contribution in [1.29, 1.82) is 0 Å². The largest absolute Gasteiger partial charge is 0.496 e. The van der Waals surface area contributed by atoms with Crippen molar-refractivity contribution in [1.82, 2.24) is 4.90 Å². The molecule has 0 aliphatic carbocycles. The van der Waals surface area contributed by atoms with Gasteiger partial charge in [0.2, 0.25) is 0 Å². The number of hydrogen-bond donors (Lipinski definition) is 0. The summed E-state index contributed by atoms with van der Waals surface area (Å²) in [5.74, 6) is -0.0426. The van der Waals surface area contributed by atoms with Gasteiger partial charge in [0.05, 0.1) is 20.3 Å². The van der Waals surface area contributed by atoms with Crippen LogP contribution in [0.1, 0.15) is 49.2 Å². The molecule has 1 aliphatic rings. The Bertz CT molecular complexity index is 675. The molecule has 1 aromatic rings. The Balaban J connectivity index is 2.32.